The zero-order valence-corrected chi connectivity index (χ0v) is 14.3. The van der Waals surface area contributed by atoms with Crippen molar-refractivity contribution in [3.05, 3.63) is 72.4 Å². The maximum absolute atomic E-state index is 5.81. The van der Waals surface area contributed by atoms with Crippen LogP contribution in [0, 0.1) is 0 Å². The van der Waals surface area contributed by atoms with Crippen LogP contribution in [0.3, 0.4) is 0 Å². The number of ether oxygens (including phenoxy) is 1. The summed E-state index contributed by atoms with van der Waals surface area (Å²) in [4.78, 5) is 11.6. The van der Waals surface area contributed by atoms with Crippen molar-refractivity contribution in [1.82, 2.24) is 14.9 Å². The highest BCUT2D eigenvalue weighted by Gasteiger charge is 2.22. The average Bonchev–Trinajstić information content (AvgIpc) is 3.09. The van der Waals surface area contributed by atoms with Crippen LogP contribution in [0.25, 0.3) is 11.4 Å². The molecule has 126 valence electrons. The predicted octanol–water partition coefficient (Wildman–Crippen LogP) is 4.70. The van der Waals surface area contributed by atoms with Crippen LogP contribution in [0.2, 0.25) is 0 Å². The summed E-state index contributed by atoms with van der Waals surface area (Å²) in [6.45, 7) is 1.16. The van der Waals surface area contributed by atoms with Crippen molar-refractivity contribution in [3.8, 4) is 23.0 Å². The minimum Gasteiger partial charge on any atom is -0.439 e. The maximum atomic E-state index is 5.81. The summed E-state index contributed by atoms with van der Waals surface area (Å²) in [7, 11) is 2.18. The van der Waals surface area contributed by atoms with Crippen LogP contribution in [0.4, 0.5) is 0 Å². The van der Waals surface area contributed by atoms with Crippen molar-refractivity contribution in [2.45, 2.75) is 18.9 Å². The van der Waals surface area contributed by atoms with Crippen molar-refractivity contribution in [2.24, 2.45) is 0 Å². The Balaban J connectivity index is 1.54. The number of hydrogen-bond acceptors (Lipinski definition) is 4. The Bertz CT molecular complexity index is 833. The van der Waals surface area contributed by atoms with Gasteiger partial charge in [0.25, 0.3) is 0 Å². The second-order valence-corrected chi connectivity index (χ2v) is 6.39. The molecule has 0 amide bonds. The molecule has 1 fully saturated rings. The van der Waals surface area contributed by atoms with Crippen LogP contribution in [0.5, 0.6) is 11.6 Å². The van der Waals surface area contributed by atoms with E-state index in [-0.39, 0.29) is 0 Å². The van der Waals surface area contributed by atoms with Crippen molar-refractivity contribution < 1.29 is 4.74 Å². The molecule has 4 nitrogen and oxygen atoms in total. The zero-order chi connectivity index (χ0) is 17.1. The van der Waals surface area contributed by atoms with Gasteiger partial charge in [-0.2, -0.15) is 0 Å². The number of likely N-dealkylation sites (tertiary alicyclic amines) is 1. The van der Waals surface area contributed by atoms with Crippen LogP contribution in [-0.2, 0) is 0 Å². The molecule has 0 radical (unpaired) electrons. The molecule has 1 unspecified atom stereocenters. The molecule has 4 heteroatoms. The first-order valence-corrected chi connectivity index (χ1v) is 8.66. The quantitative estimate of drug-likeness (QED) is 0.694. The average molecular weight is 331 g/mol. The monoisotopic (exact) mass is 331 g/mol. The van der Waals surface area contributed by atoms with Gasteiger partial charge in [-0.15, -0.1) is 0 Å². The van der Waals surface area contributed by atoms with Gasteiger partial charge in [0.05, 0.1) is 11.4 Å². The van der Waals surface area contributed by atoms with Gasteiger partial charge in [-0.3, -0.25) is 9.88 Å². The molecule has 0 spiro atoms. The Morgan fingerprint density at radius 2 is 1.84 bits per heavy atom. The van der Waals surface area contributed by atoms with Gasteiger partial charge in [-0.05, 0) is 56.3 Å². The van der Waals surface area contributed by atoms with E-state index in [0.717, 1.165) is 23.7 Å². The van der Waals surface area contributed by atoms with Gasteiger partial charge in [0.15, 0.2) is 0 Å². The van der Waals surface area contributed by atoms with Gasteiger partial charge >= 0.3 is 0 Å². The molecule has 1 aliphatic heterocycles. The van der Waals surface area contributed by atoms with Crippen LogP contribution < -0.4 is 4.74 Å². The summed E-state index contributed by atoms with van der Waals surface area (Å²) in [5, 5.41) is 0. The third-order valence-corrected chi connectivity index (χ3v) is 4.64. The van der Waals surface area contributed by atoms with Crippen molar-refractivity contribution in [1.29, 1.82) is 0 Å². The number of nitrogens with zero attached hydrogens (tertiary/aromatic N) is 3. The fourth-order valence-corrected chi connectivity index (χ4v) is 3.31. The van der Waals surface area contributed by atoms with Crippen LogP contribution in [0.15, 0.2) is 66.9 Å². The lowest BCUT2D eigenvalue weighted by atomic mass is 10.1. The molecular weight excluding hydrogens is 310 g/mol. The highest BCUT2D eigenvalue weighted by atomic mass is 16.5. The summed E-state index contributed by atoms with van der Waals surface area (Å²) in [6.07, 6.45) is 4.44. The molecule has 25 heavy (non-hydrogen) atoms. The van der Waals surface area contributed by atoms with Gasteiger partial charge in [-0.1, -0.05) is 30.3 Å². The standard InChI is InChI=1S/C21H21N3O/c1-24-14-6-10-20(24)16-12-13-18(22-15-16)19-9-5-11-21(23-19)25-17-7-3-2-4-8-17/h2-5,7-9,11-13,15,20H,6,10,14H2,1H3. The molecule has 3 aromatic rings. The third-order valence-electron chi connectivity index (χ3n) is 4.64. The molecule has 0 bridgehead atoms. The summed E-state index contributed by atoms with van der Waals surface area (Å²) in [5.74, 6) is 1.35. The van der Waals surface area contributed by atoms with E-state index in [2.05, 4.69) is 34.0 Å². The first-order valence-electron chi connectivity index (χ1n) is 8.66. The highest BCUT2D eigenvalue weighted by Crippen LogP contribution is 2.30. The molecule has 1 aromatic carbocycles. The molecule has 1 saturated heterocycles. The van der Waals surface area contributed by atoms with Gasteiger partial charge < -0.3 is 4.74 Å². The Hall–Kier alpha value is -2.72. The lowest BCUT2D eigenvalue weighted by Crippen LogP contribution is -2.17. The van der Waals surface area contributed by atoms with Crippen LogP contribution in [-0.4, -0.2) is 28.5 Å². The maximum Gasteiger partial charge on any atom is 0.219 e. The molecule has 0 N–H and O–H groups in total. The van der Waals surface area contributed by atoms with Gasteiger partial charge in [0.1, 0.15) is 5.75 Å². The first-order chi connectivity index (χ1) is 12.3. The fraction of sp³-hybridized carbons (Fsp3) is 0.238. The lowest BCUT2D eigenvalue weighted by Gasteiger charge is -2.19. The molecular formula is C21H21N3O. The van der Waals surface area contributed by atoms with E-state index in [9.17, 15) is 0 Å². The van der Waals surface area contributed by atoms with Crippen molar-refractivity contribution >= 4 is 0 Å². The van der Waals surface area contributed by atoms with E-state index in [1.54, 1.807) is 0 Å². The normalized spacial score (nSPS) is 17.6. The summed E-state index contributed by atoms with van der Waals surface area (Å²) in [6, 6.07) is 20.2. The molecule has 1 aliphatic rings. The topological polar surface area (TPSA) is 38.2 Å². The Morgan fingerprint density at radius 1 is 0.960 bits per heavy atom. The van der Waals surface area contributed by atoms with Gasteiger partial charge in [0.2, 0.25) is 5.88 Å². The van der Waals surface area contributed by atoms with Gasteiger partial charge in [0, 0.05) is 18.3 Å². The lowest BCUT2D eigenvalue weighted by molar-refractivity contribution is 0.317. The van der Waals surface area contributed by atoms with Crippen molar-refractivity contribution in [2.75, 3.05) is 13.6 Å². The number of benzene rings is 1. The Kier molecular flexibility index (Phi) is 4.44. The first kappa shape index (κ1) is 15.8. The third kappa shape index (κ3) is 3.54. The fourth-order valence-electron chi connectivity index (χ4n) is 3.31. The van der Waals surface area contributed by atoms with Crippen LogP contribution in [0.1, 0.15) is 24.4 Å². The predicted molar refractivity (Wildman–Crippen MR) is 98.6 cm³/mol. The molecule has 3 heterocycles. The highest BCUT2D eigenvalue weighted by molar-refractivity contribution is 5.55. The number of para-hydroxylation sites is 1. The summed E-state index contributed by atoms with van der Waals surface area (Å²) >= 11 is 0. The van der Waals surface area contributed by atoms with Crippen molar-refractivity contribution in [3.63, 3.8) is 0 Å². The van der Waals surface area contributed by atoms with E-state index in [1.807, 2.05) is 54.7 Å². The molecule has 4 rings (SSSR count). The SMILES string of the molecule is CN1CCCC1c1ccc(-c2cccc(Oc3ccccc3)n2)nc1. The largest absolute Gasteiger partial charge is 0.439 e. The van der Waals surface area contributed by atoms with Crippen LogP contribution >= 0.6 is 0 Å². The molecule has 2 aromatic heterocycles. The van der Waals surface area contributed by atoms with E-state index < -0.39 is 0 Å². The second-order valence-electron chi connectivity index (χ2n) is 6.39. The molecule has 0 aliphatic carbocycles. The Morgan fingerprint density at radius 3 is 2.56 bits per heavy atom. The summed E-state index contributed by atoms with van der Waals surface area (Å²) < 4.78 is 5.81. The smallest absolute Gasteiger partial charge is 0.219 e. The van der Waals surface area contributed by atoms with Gasteiger partial charge in [-0.25, -0.2) is 4.98 Å². The Labute approximate surface area is 148 Å². The number of rotatable bonds is 4. The number of hydrogen-bond donors (Lipinski definition) is 0. The summed E-state index contributed by atoms with van der Waals surface area (Å²) in [5.41, 5.74) is 2.96. The van der Waals surface area contributed by atoms with E-state index in [4.69, 9.17) is 4.74 Å². The second kappa shape index (κ2) is 7.03. The molecule has 1 atom stereocenters. The minimum absolute atomic E-state index is 0.488. The van der Waals surface area contributed by atoms with E-state index in [0.29, 0.717) is 11.9 Å². The zero-order valence-electron chi connectivity index (χ0n) is 14.3. The van der Waals surface area contributed by atoms with E-state index >= 15 is 0 Å². The number of pyridine rings is 2. The van der Waals surface area contributed by atoms with E-state index in [1.165, 1.54) is 18.4 Å². The number of aromatic nitrogens is 2. The minimum atomic E-state index is 0.488. The molecule has 0 saturated carbocycles.